The second kappa shape index (κ2) is 10.9. The Labute approximate surface area is 216 Å². The van der Waals surface area contributed by atoms with Crippen molar-refractivity contribution in [3.05, 3.63) is 59.2 Å². The molecule has 2 N–H and O–H groups in total. The molecule has 0 amide bonds. The molecule has 2 heterocycles. The number of benzene rings is 2. The van der Waals surface area contributed by atoms with E-state index < -0.39 is 0 Å². The predicted octanol–water partition coefficient (Wildman–Crippen LogP) is 7.50. The van der Waals surface area contributed by atoms with E-state index in [9.17, 15) is 0 Å². The number of rotatable bonds is 8. The lowest BCUT2D eigenvalue weighted by Gasteiger charge is -2.22. The number of aromatic nitrogens is 4. The van der Waals surface area contributed by atoms with Gasteiger partial charge in [-0.25, -0.2) is 9.97 Å². The van der Waals surface area contributed by atoms with Gasteiger partial charge in [0.1, 0.15) is 0 Å². The summed E-state index contributed by atoms with van der Waals surface area (Å²) in [5, 5.41) is 10.0. The van der Waals surface area contributed by atoms with E-state index >= 15 is 0 Å². The predicted molar refractivity (Wildman–Crippen MR) is 147 cm³/mol. The number of aryl methyl sites for hydroxylation is 2. The SMILES string of the molecule is CCCc1cc(-c2cc(NSc3ccccc3Cl)nn2C)cc2cnc(NC3CCCCC3)nc12. The van der Waals surface area contributed by atoms with E-state index in [0.29, 0.717) is 6.04 Å². The van der Waals surface area contributed by atoms with Gasteiger partial charge in [0.2, 0.25) is 5.95 Å². The number of nitrogens with zero attached hydrogens (tertiary/aromatic N) is 4. The third-order valence-electron chi connectivity index (χ3n) is 6.50. The highest BCUT2D eigenvalue weighted by atomic mass is 35.5. The van der Waals surface area contributed by atoms with Crippen molar-refractivity contribution in [1.29, 1.82) is 0 Å². The molecule has 6 nitrogen and oxygen atoms in total. The zero-order valence-corrected chi connectivity index (χ0v) is 21.8. The van der Waals surface area contributed by atoms with Crippen LogP contribution < -0.4 is 10.0 Å². The fourth-order valence-electron chi connectivity index (χ4n) is 4.75. The van der Waals surface area contributed by atoms with Crippen LogP contribution in [-0.4, -0.2) is 25.8 Å². The Hall–Kier alpha value is -2.77. The summed E-state index contributed by atoms with van der Waals surface area (Å²) >= 11 is 7.75. The molecular weight excluding hydrogens is 476 g/mol. The van der Waals surface area contributed by atoms with Gasteiger partial charge in [0.15, 0.2) is 5.82 Å². The first kappa shape index (κ1) is 23.9. The minimum Gasteiger partial charge on any atom is -0.351 e. The number of hydrogen-bond acceptors (Lipinski definition) is 6. The zero-order valence-electron chi connectivity index (χ0n) is 20.2. The quantitative estimate of drug-likeness (QED) is 0.241. The van der Waals surface area contributed by atoms with Crippen LogP contribution in [0.5, 0.6) is 0 Å². The maximum Gasteiger partial charge on any atom is 0.223 e. The zero-order chi connectivity index (χ0) is 24.2. The highest BCUT2D eigenvalue weighted by Gasteiger charge is 2.16. The summed E-state index contributed by atoms with van der Waals surface area (Å²) in [6, 6.07) is 14.8. The third-order valence-corrected chi connectivity index (χ3v) is 7.83. The van der Waals surface area contributed by atoms with Crippen LogP contribution in [0.15, 0.2) is 53.6 Å². The molecule has 4 aromatic rings. The van der Waals surface area contributed by atoms with Crippen LogP contribution in [0, 0.1) is 0 Å². The Morgan fingerprint density at radius 3 is 2.74 bits per heavy atom. The van der Waals surface area contributed by atoms with Crippen LogP contribution in [0.4, 0.5) is 11.8 Å². The number of fused-ring (bicyclic) bond motifs is 1. The van der Waals surface area contributed by atoms with Gasteiger partial charge in [0.05, 0.1) is 16.2 Å². The van der Waals surface area contributed by atoms with Gasteiger partial charge in [-0.3, -0.25) is 4.68 Å². The van der Waals surface area contributed by atoms with E-state index in [0.717, 1.165) is 56.7 Å². The van der Waals surface area contributed by atoms with Crippen molar-refractivity contribution >= 4 is 46.2 Å². The van der Waals surface area contributed by atoms with Crippen molar-refractivity contribution in [3.63, 3.8) is 0 Å². The fraction of sp³-hybridized carbons (Fsp3) is 0.370. The first-order valence-corrected chi connectivity index (χ1v) is 13.6. The van der Waals surface area contributed by atoms with Gasteiger partial charge in [0.25, 0.3) is 0 Å². The summed E-state index contributed by atoms with van der Waals surface area (Å²) < 4.78 is 5.23. The molecule has 2 aromatic carbocycles. The van der Waals surface area contributed by atoms with Gasteiger partial charge in [-0.1, -0.05) is 56.3 Å². The molecule has 0 unspecified atom stereocenters. The van der Waals surface area contributed by atoms with E-state index in [1.54, 1.807) is 0 Å². The minimum atomic E-state index is 0.485. The lowest BCUT2D eigenvalue weighted by atomic mass is 9.96. The standard InChI is InChI=1S/C27H31ClN6S/c1-3-9-18-14-19(15-20-17-29-27(31-26(18)20)30-21-10-5-4-6-11-21)23-16-25(32-34(23)2)33-35-24-13-8-7-12-22(24)28/h7-8,12-17,21H,3-6,9-11H2,1-2H3,(H,32,33)(H,29,30,31). The van der Waals surface area contributed by atoms with Crippen LogP contribution in [0.2, 0.25) is 5.02 Å². The van der Waals surface area contributed by atoms with Crippen molar-refractivity contribution in [2.75, 3.05) is 10.0 Å². The molecule has 1 aliphatic carbocycles. The lowest BCUT2D eigenvalue weighted by Crippen LogP contribution is -2.23. The molecule has 1 saturated carbocycles. The van der Waals surface area contributed by atoms with Crippen LogP contribution in [0.25, 0.3) is 22.2 Å². The smallest absolute Gasteiger partial charge is 0.223 e. The first-order chi connectivity index (χ1) is 17.1. The molecule has 182 valence electrons. The van der Waals surface area contributed by atoms with Crippen LogP contribution >= 0.6 is 23.5 Å². The van der Waals surface area contributed by atoms with Crippen molar-refractivity contribution < 1.29 is 0 Å². The van der Waals surface area contributed by atoms with Crippen molar-refractivity contribution in [3.8, 4) is 11.3 Å². The lowest BCUT2D eigenvalue weighted by molar-refractivity contribution is 0.461. The summed E-state index contributed by atoms with van der Waals surface area (Å²) in [7, 11) is 1.97. The molecule has 0 spiro atoms. The normalized spacial score (nSPS) is 14.4. The molecule has 0 radical (unpaired) electrons. The largest absolute Gasteiger partial charge is 0.351 e. The van der Waals surface area contributed by atoms with E-state index in [2.05, 4.69) is 45.2 Å². The summed E-state index contributed by atoms with van der Waals surface area (Å²) in [5.74, 6) is 1.53. The van der Waals surface area contributed by atoms with E-state index in [1.807, 2.05) is 42.2 Å². The number of halogens is 1. The number of hydrogen-bond donors (Lipinski definition) is 2. The number of anilines is 2. The maximum atomic E-state index is 6.29. The Morgan fingerprint density at radius 1 is 1.11 bits per heavy atom. The van der Waals surface area contributed by atoms with Gasteiger partial charge in [-0.15, -0.1) is 0 Å². The molecule has 1 aliphatic rings. The van der Waals surface area contributed by atoms with Crippen LogP contribution in [0.3, 0.4) is 0 Å². The molecule has 1 fully saturated rings. The van der Waals surface area contributed by atoms with Gasteiger partial charge in [-0.2, -0.15) is 5.10 Å². The monoisotopic (exact) mass is 506 g/mol. The molecular formula is C27H31ClN6S. The summed E-state index contributed by atoms with van der Waals surface area (Å²) in [6.45, 7) is 2.21. The maximum absolute atomic E-state index is 6.29. The topological polar surface area (TPSA) is 67.7 Å². The van der Waals surface area contributed by atoms with E-state index in [-0.39, 0.29) is 0 Å². The molecule has 35 heavy (non-hydrogen) atoms. The van der Waals surface area contributed by atoms with Gasteiger partial charge in [-0.05, 0) is 61.0 Å². The second-order valence-electron chi connectivity index (χ2n) is 9.17. The van der Waals surface area contributed by atoms with E-state index in [4.69, 9.17) is 16.6 Å². The molecule has 0 aliphatic heterocycles. The third kappa shape index (κ3) is 5.57. The summed E-state index contributed by atoms with van der Waals surface area (Å²) in [4.78, 5) is 10.6. The van der Waals surface area contributed by atoms with Gasteiger partial charge in [0, 0.05) is 41.2 Å². The fourth-order valence-corrected chi connectivity index (χ4v) is 5.63. The Bertz CT molecular complexity index is 1310. The summed E-state index contributed by atoms with van der Waals surface area (Å²) in [6.07, 6.45) is 10.3. The van der Waals surface area contributed by atoms with Gasteiger partial charge >= 0.3 is 0 Å². The second-order valence-corrected chi connectivity index (χ2v) is 10.4. The molecule has 2 aromatic heterocycles. The van der Waals surface area contributed by atoms with Crippen LogP contribution in [0.1, 0.15) is 51.0 Å². The molecule has 0 atom stereocenters. The van der Waals surface area contributed by atoms with Crippen LogP contribution in [-0.2, 0) is 13.5 Å². The van der Waals surface area contributed by atoms with E-state index in [1.165, 1.54) is 49.6 Å². The highest BCUT2D eigenvalue weighted by molar-refractivity contribution is 8.00. The molecule has 5 rings (SSSR count). The number of nitrogens with one attached hydrogen (secondary N) is 2. The average Bonchev–Trinajstić information content (AvgIpc) is 3.25. The van der Waals surface area contributed by atoms with Crippen molar-refractivity contribution in [2.45, 2.75) is 62.8 Å². The first-order valence-electron chi connectivity index (χ1n) is 12.4. The molecule has 0 bridgehead atoms. The Balaban J connectivity index is 1.41. The Kier molecular flexibility index (Phi) is 7.44. The summed E-state index contributed by atoms with van der Waals surface area (Å²) in [5.41, 5.74) is 4.44. The Morgan fingerprint density at radius 2 is 1.94 bits per heavy atom. The van der Waals surface area contributed by atoms with Crippen molar-refractivity contribution in [1.82, 2.24) is 19.7 Å². The highest BCUT2D eigenvalue weighted by Crippen LogP contribution is 2.32. The molecule has 8 heteroatoms. The minimum absolute atomic E-state index is 0.485. The molecule has 0 saturated heterocycles. The van der Waals surface area contributed by atoms with Gasteiger partial charge < -0.3 is 10.0 Å². The average molecular weight is 507 g/mol. The van der Waals surface area contributed by atoms with Crippen molar-refractivity contribution in [2.24, 2.45) is 7.05 Å².